The molecule has 0 rings (SSSR count). The average molecular weight is 116 g/mol. The van der Waals surface area contributed by atoms with Crippen molar-refractivity contribution in [3.05, 3.63) is 0 Å². The summed E-state index contributed by atoms with van der Waals surface area (Å²) in [5.41, 5.74) is 8.23. The van der Waals surface area contributed by atoms with Gasteiger partial charge < -0.3 is 0 Å². The Kier molecular flexibility index (Phi) is 3.89. The molecule has 0 saturated heterocycles. The van der Waals surface area contributed by atoms with Crippen LogP contribution in [0.1, 0.15) is 12.8 Å². The molecule has 3 heteroatoms. The van der Waals surface area contributed by atoms with Crippen LogP contribution in [-0.4, -0.2) is 11.6 Å². The van der Waals surface area contributed by atoms with E-state index in [-0.39, 0.29) is 5.84 Å². The van der Waals surface area contributed by atoms with Gasteiger partial charge in [0.1, 0.15) is 5.84 Å². The van der Waals surface area contributed by atoms with E-state index in [4.69, 9.17) is 11.1 Å². The van der Waals surface area contributed by atoms with Gasteiger partial charge in [-0.15, -0.1) is 5.73 Å². The van der Waals surface area contributed by atoms with Gasteiger partial charge in [0.15, 0.2) is 0 Å². The van der Waals surface area contributed by atoms with E-state index in [1.165, 1.54) is 0 Å². The number of hydrogen-bond acceptors (Lipinski definition) is 2. The maximum Gasteiger partial charge on any atom is 0.143 e. The third-order valence-electron chi connectivity index (χ3n) is 0.572. The van der Waals surface area contributed by atoms with Crippen molar-refractivity contribution in [3.63, 3.8) is 0 Å². The fraction of sp³-hybridized carbons (Fsp3) is 0.750. The molecule has 0 fully saturated rings. The van der Waals surface area contributed by atoms with Crippen LogP contribution < -0.4 is 5.73 Å². The summed E-state index contributed by atoms with van der Waals surface area (Å²) >= 11 is 3.89. The first kappa shape index (κ1) is 6.82. The van der Waals surface area contributed by atoms with Crippen LogP contribution in [0.4, 0.5) is 0 Å². The molecule has 1 N–H and O–H groups in total. The van der Waals surface area contributed by atoms with Crippen molar-refractivity contribution in [2.45, 2.75) is 12.8 Å². The Hall–Kier alpha value is -0.180. The van der Waals surface area contributed by atoms with E-state index in [0.717, 1.165) is 12.2 Å². The molecule has 0 atom stereocenters. The third-order valence-corrected chi connectivity index (χ3v) is 0.888. The largest absolute Gasteiger partial charge is 0.285 e. The molecule has 0 heterocycles. The molecule has 0 aliphatic heterocycles. The molecule has 0 aromatic heterocycles. The molecular formula is C4H8N2S. The average Bonchev–Trinajstić information content (AvgIpc) is 1.61. The van der Waals surface area contributed by atoms with Crippen LogP contribution in [0.25, 0.3) is 0 Å². The number of nitrogens with one attached hydrogen (secondary N) is 1. The summed E-state index contributed by atoms with van der Waals surface area (Å²) in [5.74, 6) is 0.497. The summed E-state index contributed by atoms with van der Waals surface area (Å²) in [6.45, 7) is 0. The molecule has 0 bridgehead atoms. The number of amidine groups is 1. The summed E-state index contributed by atoms with van der Waals surface area (Å²) in [4.78, 5) is 0. The van der Waals surface area contributed by atoms with Gasteiger partial charge in [-0.25, -0.2) is 0 Å². The van der Waals surface area contributed by atoms with Crippen LogP contribution in [0.5, 0.6) is 0 Å². The fourth-order valence-corrected chi connectivity index (χ4v) is 0.405. The SMILES string of the molecule is [N]C(=N)CCCS. The lowest BCUT2D eigenvalue weighted by atomic mass is 10.3. The van der Waals surface area contributed by atoms with Gasteiger partial charge in [-0.3, -0.25) is 5.41 Å². The van der Waals surface area contributed by atoms with Crippen LogP contribution in [0.2, 0.25) is 0 Å². The van der Waals surface area contributed by atoms with Crippen molar-refractivity contribution >= 4 is 18.5 Å². The Balaban J connectivity index is 2.82. The Morgan fingerprint density at radius 2 is 2.29 bits per heavy atom. The van der Waals surface area contributed by atoms with E-state index in [1.807, 2.05) is 0 Å². The van der Waals surface area contributed by atoms with Crippen molar-refractivity contribution in [1.29, 1.82) is 5.41 Å². The zero-order chi connectivity index (χ0) is 5.70. The molecule has 0 aliphatic carbocycles. The lowest BCUT2D eigenvalue weighted by Gasteiger charge is -1.86. The molecule has 0 aromatic carbocycles. The highest BCUT2D eigenvalue weighted by molar-refractivity contribution is 7.80. The molecule has 0 saturated carbocycles. The minimum absolute atomic E-state index is 0.242. The monoisotopic (exact) mass is 116 g/mol. The van der Waals surface area contributed by atoms with E-state index in [2.05, 4.69) is 12.6 Å². The van der Waals surface area contributed by atoms with Gasteiger partial charge in [0.25, 0.3) is 0 Å². The molecule has 7 heavy (non-hydrogen) atoms. The molecule has 0 aliphatic rings. The minimum atomic E-state index is -0.242. The van der Waals surface area contributed by atoms with Crippen molar-refractivity contribution in [3.8, 4) is 0 Å². The first-order chi connectivity index (χ1) is 3.27. The third kappa shape index (κ3) is 5.82. The molecule has 2 nitrogen and oxygen atoms in total. The zero-order valence-electron chi connectivity index (χ0n) is 4.02. The summed E-state index contributed by atoms with van der Waals surface area (Å²) < 4.78 is 0. The second-order valence-electron chi connectivity index (χ2n) is 1.27. The van der Waals surface area contributed by atoms with E-state index >= 15 is 0 Å². The first-order valence-corrected chi connectivity index (χ1v) is 2.78. The van der Waals surface area contributed by atoms with Gasteiger partial charge in [-0.1, -0.05) is 0 Å². The van der Waals surface area contributed by atoms with Gasteiger partial charge in [0.05, 0.1) is 0 Å². The van der Waals surface area contributed by atoms with E-state index in [9.17, 15) is 0 Å². The van der Waals surface area contributed by atoms with Crippen LogP contribution >= 0.6 is 12.6 Å². The van der Waals surface area contributed by atoms with Gasteiger partial charge >= 0.3 is 0 Å². The lowest BCUT2D eigenvalue weighted by molar-refractivity contribution is 0.988. The maximum absolute atomic E-state index is 8.23. The molecule has 40 valence electrons. The van der Waals surface area contributed by atoms with Crippen LogP contribution in [-0.2, 0) is 0 Å². The highest BCUT2D eigenvalue weighted by atomic mass is 32.1. The van der Waals surface area contributed by atoms with Gasteiger partial charge in [-0.2, -0.15) is 12.6 Å². The predicted molar refractivity (Wildman–Crippen MR) is 32.9 cm³/mol. The van der Waals surface area contributed by atoms with Gasteiger partial charge in [-0.05, 0) is 12.2 Å². The van der Waals surface area contributed by atoms with Crippen molar-refractivity contribution in [2.75, 3.05) is 5.75 Å². The van der Waals surface area contributed by atoms with E-state index in [0.29, 0.717) is 6.42 Å². The molecule has 0 spiro atoms. The molecule has 2 radical (unpaired) electrons. The Labute approximate surface area is 49.0 Å². The highest BCUT2D eigenvalue weighted by Gasteiger charge is 1.87. The first-order valence-electron chi connectivity index (χ1n) is 2.14. The number of thiol groups is 1. The molecule has 0 aromatic rings. The minimum Gasteiger partial charge on any atom is -0.285 e. The highest BCUT2D eigenvalue weighted by Crippen LogP contribution is 1.88. The number of hydrogen-bond donors (Lipinski definition) is 2. The molecular weight excluding hydrogens is 108 g/mol. The smallest absolute Gasteiger partial charge is 0.143 e. The number of nitrogens with zero attached hydrogens (tertiary/aromatic N) is 1. The van der Waals surface area contributed by atoms with Gasteiger partial charge in [0.2, 0.25) is 0 Å². The molecule has 0 amide bonds. The maximum atomic E-state index is 8.23. The zero-order valence-corrected chi connectivity index (χ0v) is 4.91. The summed E-state index contributed by atoms with van der Waals surface area (Å²) in [7, 11) is 0. The summed E-state index contributed by atoms with van der Waals surface area (Å²) in [5, 5.41) is 6.52. The van der Waals surface area contributed by atoms with Crippen LogP contribution in [0.3, 0.4) is 0 Å². The van der Waals surface area contributed by atoms with Gasteiger partial charge in [0, 0.05) is 6.42 Å². The molecule has 0 unspecified atom stereocenters. The van der Waals surface area contributed by atoms with E-state index < -0.39 is 0 Å². The summed E-state index contributed by atoms with van der Waals surface area (Å²) in [6.07, 6.45) is 1.25. The second kappa shape index (κ2) is 3.99. The predicted octanol–water partition coefficient (Wildman–Crippen LogP) is 0.742. The Bertz CT molecular complexity index is 62.7. The summed E-state index contributed by atoms with van der Waals surface area (Å²) in [6, 6.07) is 0. The normalized spacial score (nSPS) is 8.71. The topological polar surface area (TPSA) is 46.2 Å². The quantitative estimate of drug-likeness (QED) is 0.310. The van der Waals surface area contributed by atoms with Crippen molar-refractivity contribution in [1.82, 2.24) is 5.73 Å². The lowest BCUT2D eigenvalue weighted by Crippen LogP contribution is -1.95. The Morgan fingerprint density at radius 1 is 1.71 bits per heavy atom. The van der Waals surface area contributed by atoms with E-state index in [1.54, 1.807) is 0 Å². The fourth-order valence-electron chi connectivity index (χ4n) is 0.247. The Morgan fingerprint density at radius 3 is 2.43 bits per heavy atom. The van der Waals surface area contributed by atoms with Crippen molar-refractivity contribution < 1.29 is 0 Å². The van der Waals surface area contributed by atoms with Crippen LogP contribution in [0, 0.1) is 5.41 Å². The van der Waals surface area contributed by atoms with Crippen molar-refractivity contribution in [2.24, 2.45) is 0 Å². The second-order valence-corrected chi connectivity index (χ2v) is 1.72. The van der Waals surface area contributed by atoms with Crippen LogP contribution in [0.15, 0.2) is 0 Å². The number of rotatable bonds is 3. The standard InChI is InChI=1S/C4H8N2S/c5-4(6)2-1-3-7/h5,7H,1-3H2.